The maximum atomic E-state index is 5.15. The summed E-state index contributed by atoms with van der Waals surface area (Å²) in [5, 5.41) is 0. The quantitative estimate of drug-likeness (QED) is 0.647. The molecule has 0 N–H and O–H groups in total. The lowest BCUT2D eigenvalue weighted by atomic mass is 9.80. The maximum absolute atomic E-state index is 5.15. The molecule has 0 amide bonds. The number of rotatable bonds is 2. The van der Waals surface area contributed by atoms with Crippen molar-refractivity contribution in [1.82, 2.24) is 0 Å². The highest BCUT2D eigenvalue weighted by Gasteiger charge is 2.26. The first-order valence-corrected chi connectivity index (χ1v) is 5.04. The van der Waals surface area contributed by atoms with Crippen molar-refractivity contribution in [3.8, 4) is 5.75 Å². The minimum absolute atomic E-state index is 0.312. The lowest BCUT2D eigenvalue weighted by molar-refractivity contribution is 0.413. The van der Waals surface area contributed by atoms with E-state index in [9.17, 15) is 0 Å². The zero-order chi connectivity index (χ0) is 10.0. The van der Waals surface area contributed by atoms with Crippen LogP contribution in [0.4, 0.5) is 0 Å². The third kappa shape index (κ3) is 1.54. The van der Waals surface area contributed by atoms with E-state index in [0.717, 1.165) is 18.6 Å². The summed E-state index contributed by atoms with van der Waals surface area (Å²) < 4.78 is 5.15. The van der Waals surface area contributed by atoms with Crippen LogP contribution < -0.4 is 4.74 Å². The van der Waals surface area contributed by atoms with E-state index in [1.807, 2.05) is 12.1 Å². The van der Waals surface area contributed by atoms with Gasteiger partial charge in [-0.05, 0) is 36.0 Å². The van der Waals surface area contributed by atoms with Crippen LogP contribution in [0, 0.1) is 0 Å². The van der Waals surface area contributed by atoms with Crippen LogP contribution >= 0.6 is 0 Å². The normalized spacial score (nSPS) is 18.4. The zero-order valence-corrected chi connectivity index (χ0v) is 8.79. The Hall–Kier alpha value is -1.24. The van der Waals surface area contributed by atoms with E-state index in [4.69, 9.17) is 4.74 Å². The Bertz CT molecular complexity index is 327. The summed E-state index contributed by atoms with van der Waals surface area (Å²) in [6.07, 6.45) is 6.84. The van der Waals surface area contributed by atoms with E-state index >= 15 is 0 Å². The SMILES string of the molecule is COc1ccc(C2(C)CC=CC2)cc1. The average Bonchev–Trinajstić information content (AvgIpc) is 2.67. The van der Waals surface area contributed by atoms with Gasteiger partial charge in [0.25, 0.3) is 0 Å². The van der Waals surface area contributed by atoms with Crippen LogP contribution in [0.5, 0.6) is 5.75 Å². The molecule has 2 rings (SSSR count). The molecule has 0 fully saturated rings. The molecule has 1 aromatic rings. The molecule has 1 heteroatoms. The predicted molar refractivity (Wildman–Crippen MR) is 58.7 cm³/mol. The van der Waals surface area contributed by atoms with Gasteiger partial charge in [-0.15, -0.1) is 0 Å². The van der Waals surface area contributed by atoms with Gasteiger partial charge < -0.3 is 4.74 Å². The van der Waals surface area contributed by atoms with Crippen molar-refractivity contribution in [3.05, 3.63) is 42.0 Å². The fourth-order valence-electron chi connectivity index (χ4n) is 2.00. The standard InChI is InChI=1S/C13H16O/c1-13(9-3-4-10-13)11-5-7-12(14-2)8-6-11/h3-8H,9-10H2,1-2H3. The molecule has 0 saturated heterocycles. The average molecular weight is 188 g/mol. The topological polar surface area (TPSA) is 9.23 Å². The number of allylic oxidation sites excluding steroid dienone is 2. The fourth-order valence-corrected chi connectivity index (χ4v) is 2.00. The van der Waals surface area contributed by atoms with Crippen LogP contribution in [-0.4, -0.2) is 7.11 Å². The summed E-state index contributed by atoms with van der Waals surface area (Å²) in [6.45, 7) is 2.31. The van der Waals surface area contributed by atoms with Crippen LogP contribution in [0.25, 0.3) is 0 Å². The van der Waals surface area contributed by atoms with Gasteiger partial charge in [0.05, 0.1) is 7.11 Å². The largest absolute Gasteiger partial charge is 0.497 e. The van der Waals surface area contributed by atoms with Crippen LogP contribution in [0.3, 0.4) is 0 Å². The van der Waals surface area contributed by atoms with Gasteiger partial charge in [0.1, 0.15) is 5.75 Å². The molecule has 74 valence electrons. The first kappa shape index (κ1) is 9.32. The summed E-state index contributed by atoms with van der Waals surface area (Å²) in [7, 11) is 1.70. The van der Waals surface area contributed by atoms with Gasteiger partial charge in [-0.1, -0.05) is 31.2 Å². The fraction of sp³-hybridized carbons (Fsp3) is 0.385. The molecule has 1 aromatic carbocycles. The molecule has 1 aliphatic rings. The molecule has 0 radical (unpaired) electrons. The van der Waals surface area contributed by atoms with Crippen LogP contribution in [0.1, 0.15) is 25.3 Å². The van der Waals surface area contributed by atoms with E-state index in [2.05, 4.69) is 31.2 Å². The number of hydrogen-bond donors (Lipinski definition) is 0. The van der Waals surface area contributed by atoms with Crippen LogP contribution in [0.15, 0.2) is 36.4 Å². The second-order valence-electron chi connectivity index (χ2n) is 4.17. The second kappa shape index (κ2) is 3.49. The third-order valence-corrected chi connectivity index (χ3v) is 3.09. The molecule has 0 atom stereocenters. The molecule has 0 spiro atoms. The lowest BCUT2D eigenvalue weighted by Crippen LogP contribution is -2.16. The molecular formula is C13H16O. The number of hydrogen-bond acceptors (Lipinski definition) is 1. The summed E-state index contributed by atoms with van der Waals surface area (Å²) in [4.78, 5) is 0. The predicted octanol–water partition coefficient (Wildman–Crippen LogP) is 3.30. The van der Waals surface area contributed by atoms with Crippen molar-refractivity contribution >= 4 is 0 Å². The van der Waals surface area contributed by atoms with Gasteiger partial charge in [-0.3, -0.25) is 0 Å². The van der Waals surface area contributed by atoms with Crippen molar-refractivity contribution in [2.45, 2.75) is 25.2 Å². The van der Waals surface area contributed by atoms with Gasteiger partial charge in [-0.2, -0.15) is 0 Å². The monoisotopic (exact) mass is 188 g/mol. The first-order valence-electron chi connectivity index (χ1n) is 5.04. The first-order chi connectivity index (χ1) is 6.74. The Kier molecular flexibility index (Phi) is 2.32. The molecule has 1 nitrogen and oxygen atoms in total. The highest BCUT2D eigenvalue weighted by molar-refractivity contribution is 5.34. The molecular weight excluding hydrogens is 172 g/mol. The zero-order valence-electron chi connectivity index (χ0n) is 8.79. The van der Waals surface area contributed by atoms with E-state index in [1.54, 1.807) is 7.11 Å². The third-order valence-electron chi connectivity index (χ3n) is 3.09. The number of benzene rings is 1. The Morgan fingerprint density at radius 3 is 2.14 bits per heavy atom. The molecule has 0 aromatic heterocycles. The summed E-state index contributed by atoms with van der Waals surface area (Å²) in [5.41, 5.74) is 1.72. The van der Waals surface area contributed by atoms with Crippen LogP contribution in [0.2, 0.25) is 0 Å². The lowest BCUT2D eigenvalue weighted by Gasteiger charge is -2.24. The molecule has 0 bridgehead atoms. The summed E-state index contributed by atoms with van der Waals surface area (Å²) >= 11 is 0. The maximum Gasteiger partial charge on any atom is 0.118 e. The van der Waals surface area contributed by atoms with E-state index < -0.39 is 0 Å². The molecule has 0 saturated carbocycles. The van der Waals surface area contributed by atoms with Crippen molar-refractivity contribution in [3.63, 3.8) is 0 Å². The van der Waals surface area contributed by atoms with Gasteiger partial charge in [0.2, 0.25) is 0 Å². The van der Waals surface area contributed by atoms with Gasteiger partial charge in [-0.25, -0.2) is 0 Å². The highest BCUT2D eigenvalue weighted by Crippen LogP contribution is 2.36. The van der Waals surface area contributed by atoms with Gasteiger partial charge in [0.15, 0.2) is 0 Å². The van der Waals surface area contributed by atoms with E-state index in [1.165, 1.54) is 5.56 Å². The molecule has 1 aliphatic carbocycles. The smallest absolute Gasteiger partial charge is 0.118 e. The minimum atomic E-state index is 0.312. The summed E-state index contributed by atoms with van der Waals surface area (Å²) in [5.74, 6) is 0.934. The van der Waals surface area contributed by atoms with Crippen molar-refractivity contribution < 1.29 is 4.74 Å². The Morgan fingerprint density at radius 1 is 1.07 bits per heavy atom. The molecule has 0 aliphatic heterocycles. The highest BCUT2D eigenvalue weighted by atomic mass is 16.5. The van der Waals surface area contributed by atoms with E-state index in [-0.39, 0.29) is 0 Å². The minimum Gasteiger partial charge on any atom is -0.497 e. The number of methoxy groups -OCH3 is 1. The molecule has 14 heavy (non-hydrogen) atoms. The molecule has 0 heterocycles. The second-order valence-corrected chi connectivity index (χ2v) is 4.17. The van der Waals surface area contributed by atoms with Crippen molar-refractivity contribution in [2.75, 3.05) is 7.11 Å². The Labute approximate surface area is 85.4 Å². The number of ether oxygens (including phenoxy) is 1. The molecule has 0 unspecified atom stereocenters. The van der Waals surface area contributed by atoms with Crippen molar-refractivity contribution in [1.29, 1.82) is 0 Å². The van der Waals surface area contributed by atoms with E-state index in [0.29, 0.717) is 5.41 Å². The van der Waals surface area contributed by atoms with Crippen molar-refractivity contribution in [2.24, 2.45) is 0 Å². The Morgan fingerprint density at radius 2 is 1.64 bits per heavy atom. The summed E-state index contributed by atoms with van der Waals surface area (Å²) in [6, 6.07) is 8.43. The van der Waals surface area contributed by atoms with Gasteiger partial charge in [0, 0.05) is 0 Å². The van der Waals surface area contributed by atoms with Crippen LogP contribution in [-0.2, 0) is 5.41 Å². The Balaban J connectivity index is 2.24. The van der Waals surface area contributed by atoms with Gasteiger partial charge >= 0.3 is 0 Å².